The van der Waals surface area contributed by atoms with E-state index in [1.165, 1.54) is 306 Å². The van der Waals surface area contributed by atoms with E-state index < -0.39 is 0 Å². The molecule has 0 saturated carbocycles. The van der Waals surface area contributed by atoms with E-state index in [2.05, 4.69) is 77.0 Å². The molecule has 2 nitrogen and oxygen atoms in total. The van der Waals surface area contributed by atoms with E-state index in [1.807, 2.05) is 8.64 Å². The standard InChI is InChI=1S/C58H120N2S3/c1-9-17-25-33-41-49-59(50-42-34-26-18-10-2)57(62(53-45-37-29-21-13-5)54-46-38-30-22-14-6)61-58(60(51-43-35-27-19-11-3)52-44-36-28-20-12-4)63(55-47-39-31-23-15-7)56-48-40-32-24-16-8/h9-56H2,1-8H3. The van der Waals surface area contributed by atoms with Crippen LogP contribution in [0.3, 0.4) is 0 Å². The number of nitrogens with zero attached hydrogens (tertiary/aromatic N) is 2. The second-order valence-electron chi connectivity index (χ2n) is 19.7. The van der Waals surface area contributed by atoms with Gasteiger partial charge in [0, 0.05) is 26.2 Å². The van der Waals surface area contributed by atoms with Crippen molar-refractivity contribution in [2.75, 3.05) is 49.2 Å². The molecule has 0 aliphatic heterocycles. The summed E-state index contributed by atoms with van der Waals surface area (Å²) in [5.41, 5.74) is 0. The maximum absolute atomic E-state index is 3.12. The van der Waals surface area contributed by atoms with Crippen molar-refractivity contribution < 1.29 is 0 Å². The first-order valence-electron chi connectivity index (χ1n) is 29.3. The Balaban J connectivity index is 7.80. The molecule has 0 aromatic rings. The molecule has 0 atom stereocenters. The minimum atomic E-state index is 0.348. The van der Waals surface area contributed by atoms with E-state index in [0.29, 0.717) is 21.0 Å². The van der Waals surface area contributed by atoms with Crippen LogP contribution in [0.5, 0.6) is 0 Å². The molecule has 5 heteroatoms. The summed E-state index contributed by atoms with van der Waals surface area (Å²) in [4.78, 5) is 6.24. The normalized spacial score (nSPS) is 12.0. The van der Waals surface area contributed by atoms with Crippen molar-refractivity contribution in [3.8, 4) is 0 Å². The summed E-state index contributed by atoms with van der Waals surface area (Å²) in [6, 6.07) is 0. The van der Waals surface area contributed by atoms with E-state index >= 15 is 0 Å². The Morgan fingerprint density at radius 2 is 0.413 bits per heavy atom. The van der Waals surface area contributed by atoms with Gasteiger partial charge in [0.25, 0.3) is 0 Å². The Morgan fingerprint density at radius 1 is 0.238 bits per heavy atom. The third-order valence-corrected chi connectivity index (χ3v) is 20.7. The smallest absolute Gasteiger partial charge is 0.0821 e. The molecule has 0 spiro atoms. The van der Waals surface area contributed by atoms with Crippen molar-refractivity contribution in [1.29, 1.82) is 0 Å². The zero-order valence-electron chi connectivity index (χ0n) is 45.1. The van der Waals surface area contributed by atoms with Crippen molar-refractivity contribution in [2.24, 2.45) is 0 Å². The molecule has 0 bridgehead atoms. The van der Waals surface area contributed by atoms with E-state index in [4.69, 9.17) is 0 Å². The first kappa shape index (κ1) is 63.7. The average molecular weight is 942 g/mol. The first-order valence-corrected chi connectivity index (χ1v) is 33.3. The lowest BCUT2D eigenvalue weighted by Gasteiger charge is -2.34. The predicted molar refractivity (Wildman–Crippen MR) is 305 cm³/mol. The van der Waals surface area contributed by atoms with Gasteiger partial charge >= 0.3 is 0 Å². The van der Waals surface area contributed by atoms with E-state index in [9.17, 15) is 0 Å². The molecular formula is C58H120N2S3. The van der Waals surface area contributed by atoms with Gasteiger partial charge in [0.05, 0.1) is 8.64 Å². The molecule has 0 rings (SSSR count). The molecule has 0 amide bonds. The zero-order valence-corrected chi connectivity index (χ0v) is 47.5. The van der Waals surface area contributed by atoms with Gasteiger partial charge in [-0.05, 0) is 74.4 Å². The van der Waals surface area contributed by atoms with Gasteiger partial charge in [0.15, 0.2) is 0 Å². The second-order valence-corrected chi connectivity index (χ2v) is 25.6. The van der Waals surface area contributed by atoms with Crippen LogP contribution in [-0.2, 0) is 0 Å². The van der Waals surface area contributed by atoms with Gasteiger partial charge in [-0.1, -0.05) is 273 Å². The fraction of sp³-hybridized carbons (Fsp3) is 0.966. The largest absolute Gasteiger partial charge is 0.264 e. The predicted octanol–water partition coefficient (Wildman–Crippen LogP) is 20.8. The highest BCUT2D eigenvalue weighted by molar-refractivity contribution is 8.46. The average Bonchev–Trinajstić information content (AvgIpc) is 3.29. The summed E-state index contributed by atoms with van der Waals surface area (Å²) in [7, 11) is 0.696. The molecule has 0 aromatic carbocycles. The fourth-order valence-corrected chi connectivity index (χ4v) is 16.7. The number of hydrogen-bond donors (Lipinski definition) is 0. The molecule has 0 aliphatic carbocycles. The highest BCUT2D eigenvalue weighted by Crippen LogP contribution is 2.36. The summed E-state index contributed by atoms with van der Waals surface area (Å²) >= 11 is 2.48. The maximum atomic E-state index is 3.12. The van der Waals surface area contributed by atoms with E-state index in [0.717, 1.165) is 0 Å². The van der Waals surface area contributed by atoms with Crippen LogP contribution in [0.15, 0.2) is 0 Å². The molecule has 380 valence electrons. The number of thioether (sulfide) groups is 1. The van der Waals surface area contributed by atoms with Crippen molar-refractivity contribution in [1.82, 2.24) is 9.80 Å². The second kappa shape index (κ2) is 52.1. The highest BCUT2D eigenvalue weighted by atomic mass is 32.2. The topological polar surface area (TPSA) is 6.48 Å². The summed E-state index contributed by atoms with van der Waals surface area (Å²) in [5, 5.41) is 0. The summed E-state index contributed by atoms with van der Waals surface area (Å²) in [6.45, 7) is 24.3. The van der Waals surface area contributed by atoms with Crippen LogP contribution in [0, 0.1) is 0 Å². The van der Waals surface area contributed by atoms with Crippen LogP contribution in [0.25, 0.3) is 0 Å². The molecule has 0 aromatic heterocycles. The van der Waals surface area contributed by atoms with Gasteiger partial charge in [-0.3, -0.25) is 9.80 Å². The van der Waals surface area contributed by atoms with Crippen LogP contribution < -0.4 is 0 Å². The first-order chi connectivity index (χ1) is 31.1. The Kier molecular flexibility index (Phi) is 52.7. The van der Waals surface area contributed by atoms with Gasteiger partial charge in [-0.2, -0.15) is 21.0 Å². The van der Waals surface area contributed by atoms with Crippen LogP contribution in [0.2, 0.25) is 0 Å². The number of unbranched alkanes of at least 4 members (excludes halogenated alkanes) is 32. The molecular weight excluding hydrogens is 821 g/mol. The van der Waals surface area contributed by atoms with Crippen LogP contribution in [0.1, 0.15) is 312 Å². The monoisotopic (exact) mass is 941 g/mol. The van der Waals surface area contributed by atoms with Crippen molar-refractivity contribution in [3.05, 3.63) is 0 Å². The van der Waals surface area contributed by atoms with E-state index in [1.54, 1.807) is 0 Å². The quantitative estimate of drug-likeness (QED) is 0.0443. The van der Waals surface area contributed by atoms with Gasteiger partial charge in [0.2, 0.25) is 0 Å². The van der Waals surface area contributed by atoms with Gasteiger partial charge in [-0.15, -0.1) is 0 Å². The van der Waals surface area contributed by atoms with Gasteiger partial charge in [-0.25, -0.2) is 0 Å². The summed E-state index contributed by atoms with van der Waals surface area (Å²) in [5.74, 6) is 5.80. The lowest BCUT2D eigenvalue weighted by atomic mass is 10.1. The number of rotatable bonds is 48. The molecule has 0 unspecified atom stereocenters. The molecule has 63 heavy (non-hydrogen) atoms. The van der Waals surface area contributed by atoms with Crippen LogP contribution >= 0.6 is 32.7 Å². The Bertz CT molecular complexity index is 843. The summed E-state index contributed by atoms with van der Waals surface area (Å²) in [6.07, 6.45) is 56.3. The van der Waals surface area contributed by atoms with Crippen LogP contribution in [0.4, 0.5) is 0 Å². The molecule has 0 heterocycles. The highest BCUT2D eigenvalue weighted by Gasteiger charge is 2.24. The van der Waals surface area contributed by atoms with Crippen molar-refractivity contribution >= 4 is 41.4 Å². The minimum absolute atomic E-state index is 0.348. The molecule has 0 N–H and O–H groups in total. The maximum Gasteiger partial charge on any atom is 0.0821 e. The Hall–Kier alpha value is 0.710. The lowest BCUT2D eigenvalue weighted by Crippen LogP contribution is -2.37. The summed E-state index contributed by atoms with van der Waals surface area (Å²) < 4.78 is 3.80. The van der Waals surface area contributed by atoms with Gasteiger partial charge in [0.1, 0.15) is 0 Å². The molecule has 0 fully saturated rings. The lowest BCUT2D eigenvalue weighted by molar-refractivity contribution is 0.393. The molecule has 0 aliphatic rings. The van der Waals surface area contributed by atoms with Gasteiger partial charge < -0.3 is 0 Å². The third kappa shape index (κ3) is 39.3. The Morgan fingerprint density at radius 3 is 0.603 bits per heavy atom. The zero-order chi connectivity index (χ0) is 46.1. The molecule has 0 radical (unpaired) electrons. The Labute approximate surface area is 410 Å². The SMILES string of the molecule is CCCCCCCN(CCCCCCC)C(SC(N(CCCCCCC)CCCCCCC)=S(CCCCCCC)CCCCCCC)=S(CCCCCCC)CCCCCCC. The molecule has 0 saturated heterocycles. The van der Waals surface area contributed by atoms with E-state index in [-0.39, 0.29) is 0 Å². The fourth-order valence-electron chi connectivity index (χ4n) is 8.97. The van der Waals surface area contributed by atoms with Crippen molar-refractivity contribution in [3.63, 3.8) is 0 Å². The number of hydrogen-bond acceptors (Lipinski definition) is 1. The van der Waals surface area contributed by atoms with Crippen LogP contribution in [-0.4, -0.2) is 67.6 Å². The minimum Gasteiger partial charge on any atom is -0.264 e. The third-order valence-electron chi connectivity index (χ3n) is 13.3. The van der Waals surface area contributed by atoms with Crippen molar-refractivity contribution in [2.45, 2.75) is 312 Å².